The fourth-order valence-electron chi connectivity index (χ4n) is 1.96. The molecule has 2 aromatic rings. The zero-order valence-electron chi connectivity index (χ0n) is 11.4. The van der Waals surface area contributed by atoms with Gasteiger partial charge in [0.2, 0.25) is 0 Å². The first-order valence-electron chi connectivity index (χ1n) is 6.24. The van der Waals surface area contributed by atoms with Gasteiger partial charge >= 0.3 is 0 Å². The Morgan fingerprint density at radius 2 is 2.05 bits per heavy atom. The zero-order chi connectivity index (χ0) is 14.5. The summed E-state index contributed by atoms with van der Waals surface area (Å²) in [6.45, 7) is 2.05. The molecule has 0 fully saturated rings. The van der Waals surface area contributed by atoms with E-state index in [1.165, 1.54) is 0 Å². The van der Waals surface area contributed by atoms with Crippen LogP contribution in [0.4, 0.5) is 5.69 Å². The molecule has 0 aliphatic carbocycles. The van der Waals surface area contributed by atoms with Crippen molar-refractivity contribution in [3.63, 3.8) is 0 Å². The van der Waals surface area contributed by atoms with Gasteiger partial charge in [-0.25, -0.2) is 0 Å². The number of hydrogen-bond acceptors (Lipinski definition) is 3. The molecular formula is C16H15BrN2O. The molecule has 3 nitrogen and oxygen atoms in total. The van der Waals surface area contributed by atoms with E-state index < -0.39 is 0 Å². The second-order valence-electron chi connectivity index (χ2n) is 4.44. The highest BCUT2D eigenvalue weighted by Gasteiger charge is 2.09. The molecule has 2 aromatic carbocycles. The quantitative estimate of drug-likeness (QED) is 0.897. The number of nitrogens with zero attached hydrogens (tertiary/aromatic N) is 1. The van der Waals surface area contributed by atoms with Crippen LogP contribution in [0.3, 0.4) is 0 Å². The summed E-state index contributed by atoms with van der Waals surface area (Å²) in [5, 5.41) is 12.5. The molecule has 1 N–H and O–H groups in total. The fourth-order valence-corrected chi connectivity index (χ4v) is 2.32. The van der Waals surface area contributed by atoms with E-state index in [9.17, 15) is 5.26 Å². The van der Waals surface area contributed by atoms with E-state index in [1.807, 2.05) is 36.4 Å². The van der Waals surface area contributed by atoms with E-state index in [4.69, 9.17) is 4.74 Å². The standard InChI is InChI=1S/C16H15BrN2O/c1-11(12-4-3-5-15(9-12)20-2)19-16-7-6-14(17)8-13(16)10-18/h3-9,11,19H,1-2H3. The lowest BCUT2D eigenvalue weighted by Gasteiger charge is -2.17. The van der Waals surface area contributed by atoms with Gasteiger partial charge in [0.25, 0.3) is 0 Å². The second-order valence-corrected chi connectivity index (χ2v) is 5.36. The van der Waals surface area contributed by atoms with Crippen molar-refractivity contribution in [2.45, 2.75) is 13.0 Å². The van der Waals surface area contributed by atoms with Crippen molar-refractivity contribution in [2.75, 3.05) is 12.4 Å². The third-order valence-corrected chi connectivity index (χ3v) is 3.56. The smallest absolute Gasteiger partial charge is 0.119 e. The lowest BCUT2D eigenvalue weighted by atomic mass is 10.1. The van der Waals surface area contributed by atoms with Crippen LogP contribution in [-0.4, -0.2) is 7.11 Å². The normalized spacial score (nSPS) is 11.5. The molecule has 0 spiro atoms. The number of ether oxygens (including phenoxy) is 1. The van der Waals surface area contributed by atoms with Gasteiger partial charge in [-0.2, -0.15) is 5.26 Å². The van der Waals surface area contributed by atoms with Crippen LogP contribution >= 0.6 is 15.9 Å². The first kappa shape index (κ1) is 14.4. The van der Waals surface area contributed by atoms with Gasteiger partial charge < -0.3 is 10.1 Å². The van der Waals surface area contributed by atoms with Crippen molar-refractivity contribution in [1.29, 1.82) is 5.26 Å². The van der Waals surface area contributed by atoms with E-state index in [1.54, 1.807) is 13.2 Å². The van der Waals surface area contributed by atoms with Crippen LogP contribution in [0.5, 0.6) is 5.75 Å². The molecule has 0 saturated carbocycles. The molecule has 20 heavy (non-hydrogen) atoms. The van der Waals surface area contributed by atoms with Gasteiger partial charge in [-0.3, -0.25) is 0 Å². The van der Waals surface area contributed by atoms with Gasteiger partial charge in [0.15, 0.2) is 0 Å². The Hall–Kier alpha value is -1.99. The SMILES string of the molecule is COc1cccc(C(C)Nc2ccc(Br)cc2C#N)c1. The number of nitriles is 1. The summed E-state index contributed by atoms with van der Waals surface area (Å²) < 4.78 is 6.13. The minimum absolute atomic E-state index is 0.0818. The molecule has 102 valence electrons. The average molecular weight is 331 g/mol. The second kappa shape index (κ2) is 6.44. The minimum Gasteiger partial charge on any atom is -0.497 e. The number of rotatable bonds is 4. The van der Waals surface area contributed by atoms with Crippen LogP contribution in [0.25, 0.3) is 0 Å². The van der Waals surface area contributed by atoms with Crippen LogP contribution in [-0.2, 0) is 0 Å². The van der Waals surface area contributed by atoms with E-state index >= 15 is 0 Å². The number of nitrogens with one attached hydrogen (secondary N) is 1. The summed E-state index contributed by atoms with van der Waals surface area (Å²) in [5.74, 6) is 0.826. The van der Waals surface area contributed by atoms with E-state index in [0.717, 1.165) is 21.5 Å². The van der Waals surface area contributed by atoms with Gasteiger partial charge in [-0.15, -0.1) is 0 Å². The molecule has 0 aliphatic heterocycles. The van der Waals surface area contributed by atoms with Crippen molar-refractivity contribution in [3.8, 4) is 11.8 Å². The summed E-state index contributed by atoms with van der Waals surface area (Å²) in [5.41, 5.74) is 2.55. The van der Waals surface area contributed by atoms with Crippen LogP contribution in [0.1, 0.15) is 24.1 Å². The maximum atomic E-state index is 9.18. The summed E-state index contributed by atoms with van der Waals surface area (Å²) >= 11 is 3.37. The Balaban J connectivity index is 2.23. The largest absolute Gasteiger partial charge is 0.497 e. The van der Waals surface area contributed by atoms with Gasteiger partial charge in [-0.1, -0.05) is 28.1 Å². The van der Waals surface area contributed by atoms with Gasteiger partial charge in [0, 0.05) is 10.5 Å². The van der Waals surface area contributed by atoms with E-state index in [-0.39, 0.29) is 6.04 Å². The molecule has 0 heterocycles. The van der Waals surface area contributed by atoms with Gasteiger partial charge in [0.05, 0.1) is 18.4 Å². The average Bonchev–Trinajstić information content (AvgIpc) is 2.49. The van der Waals surface area contributed by atoms with Crippen molar-refractivity contribution in [1.82, 2.24) is 0 Å². The van der Waals surface area contributed by atoms with Gasteiger partial charge in [-0.05, 0) is 42.8 Å². The third kappa shape index (κ3) is 3.31. The number of methoxy groups -OCH3 is 1. The van der Waals surface area contributed by atoms with Crippen molar-refractivity contribution >= 4 is 21.6 Å². The van der Waals surface area contributed by atoms with Crippen LogP contribution in [0.2, 0.25) is 0 Å². The highest BCUT2D eigenvalue weighted by Crippen LogP contribution is 2.26. The maximum Gasteiger partial charge on any atom is 0.119 e. The Morgan fingerprint density at radius 1 is 1.25 bits per heavy atom. The van der Waals surface area contributed by atoms with Crippen molar-refractivity contribution in [3.05, 3.63) is 58.1 Å². The zero-order valence-corrected chi connectivity index (χ0v) is 12.9. The van der Waals surface area contributed by atoms with E-state index in [2.05, 4.69) is 34.2 Å². The molecule has 0 bridgehead atoms. The Morgan fingerprint density at radius 3 is 2.75 bits per heavy atom. The lowest BCUT2D eigenvalue weighted by Crippen LogP contribution is -2.08. The number of anilines is 1. The lowest BCUT2D eigenvalue weighted by molar-refractivity contribution is 0.414. The first-order chi connectivity index (χ1) is 9.63. The predicted molar refractivity (Wildman–Crippen MR) is 83.9 cm³/mol. The Labute approximate surface area is 127 Å². The number of halogens is 1. The number of benzene rings is 2. The van der Waals surface area contributed by atoms with E-state index in [0.29, 0.717) is 5.56 Å². The maximum absolute atomic E-state index is 9.18. The molecule has 1 atom stereocenters. The minimum atomic E-state index is 0.0818. The first-order valence-corrected chi connectivity index (χ1v) is 7.03. The molecule has 4 heteroatoms. The molecular weight excluding hydrogens is 316 g/mol. The van der Waals surface area contributed by atoms with Crippen LogP contribution < -0.4 is 10.1 Å². The van der Waals surface area contributed by atoms with Gasteiger partial charge in [0.1, 0.15) is 11.8 Å². The highest BCUT2D eigenvalue weighted by molar-refractivity contribution is 9.10. The molecule has 0 saturated heterocycles. The monoisotopic (exact) mass is 330 g/mol. The summed E-state index contributed by atoms with van der Waals surface area (Å²) in [4.78, 5) is 0. The summed E-state index contributed by atoms with van der Waals surface area (Å²) in [7, 11) is 1.65. The van der Waals surface area contributed by atoms with Crippen LogP contribution in [0, 0.1) is 11.3 Å². The molecule has 0 aromatic heterocycles. The van der Waals surface area contributed by atoms with Crippen LogP contribution in [0.15, 0.2) is 46.9 Å². The summed E-state index contributed by atoms with van der Waals surface area (Å²) in [6, 6.07) is 15.8. The highest BCUT2D eigenvalue weighted by atomic mass is 79.9. The fraction of sp³-hybridized carbons (Fsp3) is 0.188. The Bertz CT molecular complexity index is 649. The molecule has 0 radical (unpaired) electrons. The number of hydrogen-bond donors (Lipinski definition) is 1. The Kier molecular flexibility index (Phi) is 4.65. The van der Waals surface area contributed by atoms with Crippen molar-refractivity contribution in [2.24, 2.45) is 0 Å². The molecule has 0 amide bonds. The molecule has 2 rings (SSSR count). The third-order valence-electron chi connectivity index (χ3n) is 3.07. The molecule has 1 unspecified atom stereocenters. The molecule has 0 aliphatic rings. The van der Waals surface area contributed by atoms with Crippen molar-refractivity contribution < 1.29 is 4.74 Å². The summed E-state index contributed by atoms with van der Waals surface area (Å²) in [6.07, 6.45) is 0. The predicted octanol–water partition coefficient (Wildman–Crippen LogP) is 4.50. The topological polar surface area (TPSA) is 45.0 Å².